The van der Waals surface area contributed by atoms with Gasteiger partial charge in [-0.2, -0.15) is 0 Å². The lowest BCUT2D eigenvalue weighted by atomic mass is 10.2. The third-order valence-corrected chi connectivity index (χ3v) is 1.10. The van der Waals surface area contributed by atoms with Gasteiger partial charge in [0.25, 0.3) is 0 Å². The van der Waals surface area contributed by atoms with Crippen LogP contribution in [-0.4, -0.2) is 19.2 Å². The van der Waals surface area contributed by atoms with Crippen molar-refractivity contribution < 1.29 is 14.6 Å². The average molecular weight is 159 g/mol. The van der Waals surface area contributed by atoms with Gasteiger partial charge in [-0.25, -0.2) is 5.11 Å². The van der Waals surface area contributed by atoms with Crippen LogP contribution in [-0.2, 0) is 14.6 Å². The maximum absolute atomic E-state index is 10.7. The van der Waals surface area contributed by atoms with Crippen LogP contribution in [0.1, 0.15) is 26.7 Å². The van der Waals surface area contributed by atoms with Crippen LogP contribution in [0.2, 0.25) is 0 Å². The Hall–Kier alpha value is -0.570. The summed E-state index contributed by atoms with van der Waals surface area (Å²) < 4.78 is 4.83. The highest BCUT2D eigenvalue weighted by molar-refractivity contribution is 5.69. The largest absolute Gasteiger partial charge is 0.465 e. The van der Waals surface area contributed by atoms with Crippen LogP contribution in [0.25, 0.3) is 0 Å². The number of esters is 1. The maximum Gasteiger partial charge on any atom is 0.305 e. The Balaban J connectivity index is 3.23. The van der Waals surface area contributed by atoms with E-state index in [0.29, 0.717) is 18.9 Å². The predicted octanol–water partition coefficient (Wildman–Crippen LogP) is 1.40. The van der Waals surface area contributed by atoms with Gasteiger partial charge in [-0.15, -0.1) is 0 Å². The molecular formula is C8H15O3. The fraction of sp³-hybridized carbons (Fsp3) is 0.875. The van der Waals surface area contributed by atoms with E-state index < -0.39 is 0 Å². The normalized spacial score (nSPS) is 10.2. The van der Waals surface area contributed by atoms with Crippen LogP contribution in [0.4, 0.5) is 0 Å². The van der Waals surface area contributed by atoms with Gasteiger partial charge in [-0.1, -0.05) is 13.8 Å². The van der Waals surface area contributed by atoms with Gasteiger partial charge in [0.15, 0.2) is 0 Å². The van der Waals surface area contributed by atoms with E-state index in [1.807, 2.05) is 13.8 Å². The zero-order valence-corrected chi connectivity index (χ0v) is 7.13. The Morgan fingerprint density at radius 1 is 1.45 bits per heavy atom. The van der Waals surface area contributed by atoms with Crippen molar-refractivity contribution in [2.24, 2.45) is 5.92 Å². The maximum atomic E-state index is 10.7. The van der Waals surface area contributed by atoms with Crippen LogP contribution in [0.3, 0.4) is 0 Å². The van der Waals surface area contributed by atoms with Crippen molar-refractivity contribution >= 4 is 5.97 Å². The van der Waals surface area contributed by atoms with Gasteiger partial charge in [-0.05, 0) is 12.3 Å². The second kappa shape index (κ2) is 6.16. The molecule has 0 bridgehead atoms. The first-order valence-electron chi connectivity index (χ1n) is 3.90. The van der Waals surface area contributed by atoms with E-state index in [-0.39, 0.29) is 19.0 Å². The van der Waals surface area contributed by atoms with Gasteiger partial charge >= 0.3 is 5.97 Å². The molecule has 65 valence electrons. The van der Waals surface area contributed by atoms with Gasteiger partial charge in [0.05, 0.1) is 13.2 Å². The Bertz CT molecular complexity index is 110. The molecule has 0 aromatic heterocycles. The molecule has 1 radical (unpaired) electrons. The van der Waals surface area contributed by atoms with Crippen LogP contribution < -0.4 is 0 Å². The Morgan fingerprint density at radius 3 is 2.55 bits per heavy atom. The molecule has 0 heterocycles. The molecule has 3 heteroatoms. The quantitative estimate of drug-likeness (QED) is 0.569. The molecule has 0 spiro atoms. The number of hydrogen-bond acceptors (Lipinski definition) is 2. The minimum Gasteiger partial charge on any atom is -0.465 e. The molecule has 0 aliphatic heterocycles. The van der Waals surface area contributed by atoms with E-state index in [2.05, 4.69) is 0 Å². The molecular weight excluding hydrogens is 144 g/mol. The summed E-state index contributed by atoms with van der Waals surface area (Å²) in [5.74, 6) is 0.112. The van der Waals surface area contributed by atoms with Crippen LogP contribution in [0.5, 0.6) is 0 Å². The number of carbonyl (C=O) groups excluding carboxylic acids is 1. The highest BCUT2D eigenvalue weighted by atomic mass is 16.5. The lowest BCUT2D eigenvalue weighted by Gasteiger charge is -2.05. The summed E-state index contributed by atoms with van der Waals surface area (Å²) in [7, 11) is 0. The first kappa shape index (κ1) is 10.4. The first-order chi connectivity index (χ1) is 5.16. The molecule has 11 heavy (non-hydrogen) atoms. The standard InChI is InChI=1S/C8H15O3/c1-7(2)6-11-8(10)4-3-5-9/h7H,3-6H2,1-2H3. The van der Waals surface area contributed by atoms with Crippen LogP contribution in [0, 0.1) is 5.92 Å². The summed E-state index contributed by atoms with van der Waals surface area (Å²) in [6.45, 7) is 4.20. The fourth-order valence-corrected chi connectivity index (χ4v) is 0.548. The first-order valence-corrected chi connectivity index (χ1v) is 3.90. The topological polar surface area (TPSA) is 46.2 Å². The molecule has 0 saturated carbocycles. The minimum atomic E-state index is -0.255. The lowest BCUT2D eigenvalue weighted by molar-refractivity contribution is -0.145. The highest BCUT2D eigenvalue weighted by Crippen LogP contribution is 1.96. The van der Waals surface area contributed by atoms with Gasteiger partial charge in [0.2, 0.25) is 0 Å². The number of hydrogen-bond donors (Lipinski definition) is 0. The number of ether oxygens (including phenoxy) is 1. The molecule has 0 fully saturated rings. The predicted molar refractivity (Wildman–Crippen MR) is 40.6 cm³/mol. The molecule has 0 atom stereocenters. The van der Waals surface area contributed by atoms with Crippen LogP contribution >= 0.6 is 0 Å². The van der Waals surface area contributed by atoms with Gasteiger partial charge in [0, 0.05) is 6.42 Å². The lowest BCUT2D eigenvalue weighted by Crippen LogP contribution is -2.09. The van der Waals surface area contributed by atoms with Gasteiger partial charge in [-0.3, -0.25) is 4.79 Å². The number of rotatable bonds is 5. The van der Waals surface area contributed by atoms with Crippen molar-refractivity contribution in [1.29, 1.82) is 0 Å². The smallest absolute Gasteiger partial charge is 0.305 e. The highest BCUT2D eigenvalue weighted by Gasteiger charge is 2.02. The van der Waals surface area contributed by atoms with Crippen LogP contribution in [0.15, 0.2) is 0 Å². The van der Waals surface area contributed by atoms with E-state index in [1.165, 1.54) is 0 Å². The molecule has 0 unspecified atom stereocenters. The second-order valence-corrected chi connectivity index (χ2v) is 2.88. The van der Waals surface area contributed by atoms with E-state index in [9.17, 15) is 9.90 Å². The molecule has 0 amide bonds. The van der Waals surface area contributed by atoms with E-state index >= 15 is 0 Å². The summed E-state index contributed by atoms with van der Waals surface area (Å²) in [6, 6.07) is 0. The Labute approximate surface area is 67.4 Å². The molecule has 0 aromatic rings. The minimum absolute atomic E-state index is 0.198. The van der Waals surface area contributed by atoms with Crippen molar-refractivity contribution in [2.75, 3.05) is 13.2 Å². The third kappa shape index (κ3) is 7.33. The molecule has 0 rings (SSSR count). The zero-order valence-electron chi connectivity index (χ0n) is 7.13. The fourth-order valence-electron chi connectivity index (χ4n) is 0.548. The second-order valence-electron chi connectivity index (χ2n) is 2.88. The summed E-state index contributed by atoms with van der Waals surface area (Å²) in [5, 5.41) is 9.96. The third-order valence-electron chi connectivity index (χ3n) is 1.10. The van der Waals surface area contributed by atoms with Crippen molar-refractivity contribution in [3.05, 3.63) is 0 Å². The molecule has 0 saturated heterocycles. The number of carbonyl (C=O) groups is 1. The van der Waals surface area contributed by atoms with E-state index in [4.69, 9.17) is 4.74 Å². The van der Waals surface area contributed by atoms with Crippen molar-refractivity contribution in [3.63, 3.8) is 0 Å². The SMILES string of the molecule is CC(C)COC(=O)CCC[O]. The Morgan fingerprint density at radius 2 is 2.09 bits per heavy atom. The zero-order chi connectivity index (χ0) is 8.69. The summed E-state index contributed by atoms with van der Waals surface area (Å²) >= 11 is 0. The van der Waals surface area contributed by atoms with Gasteiger partial charge < -0.3 is 4.74 Å². The van der Waals surface area contributed by atoms with Gasteiger partial charge in [0.1, 0.15) is 0 Å². The Kier molecular flexibility index (Phi) is 5.84. The van der Waals surface area contributed by atoms with Crippen molar-refractivity contribution in [1.82, 2.24) is 0 Å². The molecule has 0 N–H and O–H groups in total. The van der Waals surface area contributed by atoms with Crippen molar-refractivity contribution in [2.45, 2.75) is 26.7 Å². The van der Waals surface area contributed by atoms with Crippen molar-refractivity contribution in [3.8, 4) is 0 Å². The average Bonchev–Trinajstić information content (AvgIpc) is 1.97. The summed E-state index contributed by atoms with van der Waals surface area (Å²) in [4.78, 5) is 10.7. The molecule has 3 nitrogen and oxygen atoms in total. The van der Waals surface area contributed by atoms with E-state index in [1.54, 1.807) is 0 Å². The van der Waals surface area contributed by atoms with E-state index in [0.717, 1.165) is 0 Å². The summed E-state index contributed by atoms with van der Waals surface area (Å²) in [5.41, 5.74) is 0. The molecule has 0 aliphatic rings. The monoisotopic (exact) mass is 159 g/mol. The molecule has 0 aliphatic carbocycles. The summed E-state index contributed by atoms with van der Waals surface area (Å²) in [6.07, 6.45) is 0.646. The molecule has 0 aromatic carbocycles.